The lowest BCUT2D eigenvalue weighted by Crippen LogP contribution is -2.18. The van der Waals surface area contributed by atoms with Crippen molar-refractivity contribution in [3.05, 3.63) is 40.9 Å². The predicted octanol–water partition coefficient (Wildman–Crippen LogP) is 4.52. The van der Waals surface area contributed by atoms with E-state index in [2.05, 4.69) is 20.7 Å². The number of hydrogen-bond acceptors (Lipinski definition) is 2. The van der Waals surface area contributed by atoms with E-state index in [9.17, 15) is 13.2 Å². The number of benzene rings is 2. The molecule has 2 rings (SSSR count). The summed E-state index contributed by atoms with van der Waals surface area (Å²) in [5.74, 6) is 0.514. The van der Waals surface area contributed by atoms with Crippen LogP contribution in [0.5, 0.6) is 5.75 Å². The molecule has 0 saturated carbocycles. The van der Waals surface area contributed by atoms with Crippen LogP contribution >= 0.6 is 15.9 Å². The standard InChI is InChI=1S/C13H10BrF3O2/c14-11-3-1-10-8-12(4-2-9(10)7-11)18-5-6-19-13(15,16)17/h1-4,7-8H,5-6H2. The van der Waals surface area contributed by atoms with Gasteiger partial charge in [0.05, 0.1) is 6.61 Å². The fourth-order valence-electron chi connectivity index (χ4n) is 1.60. The Hall–Kier alpha value is -1.27. The molecule has 102 valence electrons. The van der Waals surface area contributed by atoms with Gasteiger partial charge in [-0.05, 0) is 35.0 Å². The van der Waals surface area contributed by atoms with Crippen LogP contribution in [0.1, 0.15) is 0 Å². The molecule has 2 nitrogen and oxygen atoms in total. The van der Waals surface area contributed by atoms with Gasteiger partial charge in [-0.1, -0.05) is 28.1 Å². The first kappa shape index (κ1) is 14.1. The van der Waals surface area contributed by atoms with E-state index < -0.39 is 13.0 Å². The number of hydrogen-bond donors (Lipinski definition) is 0. The third-order valence-corrected chi connectivity index (χ3v) is 2.88. The number of ether oxygens (including phenoxy) is 2. The van der Waals surface area contributed by atoms with E-state index in [1.54, 1.807) is 12.1 Å². The smallest absolute Gasteiger partial charge is 0.491 e. The summed E-state index contributed by atoms with van der Waals surface area (Å²) in [4.78, 5) is 0. The Labute approximate surface area is 116 Å². The highest BCUT2D eigenvalue weighted by Crippen LogP contribution is 2.24. The second kappa shape index (κ2) is 5.79. The van der Waals surface area contributed by atoms with Crippen molar-refractivity contribution >= 4 is 26.7 Å². The van der Waals surface area contributed by atoms with E-state index in [0.29, 0.717) is 5.75 Å². The zero-order valence-electron chi connectivity index (χ0n) is 9.71. The maximum Gasteiger partial charge on any atom is 0.522 e. The van der Waals surface area contributed by atoms with Gasteiger partial charge < -0.3 is 4.74 Å². The fraction of sp³-hybridized carbons (Fsp3) is 0.231. The monoisotopic (exact) mass is 334 g/mol. The molecule has 0 unspecified atom stereocenters. The minimum atomic E-state index is -4.61. The quantitative estimate of drug-likeness (QED) is 0.765. The molecule has 0 fully saturated rings. The zero-order valence-corrected chi connectivity index (χ0v) is 11.3. The van der Waals surface area contributed by atoms with Crippen molar-refractivity contribution in [2.45, 2.75) is 6.36 Å². The molecular formula is C13H10BrF3O2. The molecule has 0 N–H and O–H groups in total. The fourth-order valence-corrected chi connectivity index (χ4v) is 1.98. The molecule has 0 radical (unpaired) electrons. The van der Waals surface area contributed by atoms with Gasteiger partial charge in [0.25, 0.3) is 0 Å². The highest BCUT2D eigenvalue weighted by molar-refractivity contribution is 9.10. The third-order valence-electron chi connectivity index (χ3n) is 2.39. The maximum atomic E-state index is 11.7. The largest absolute Gasteiger partial charge is 0.522 e. The Bertz CT molecular complexity index is 569. The van der Waals surface area contributed by atoms with E-state index in [4.69, 9.17) is 4.74 Å². The molecule has 2 aromatic rings. The SMILES string of the molecule is FC(F)(F)OCCOc1ccc2cc(Br)ccc2c1. The summed E-state index contributed by atoms with van der Waals surface area (Å²) in [5, 5.41) is 1.98. The van der Waals surface area contributed by atoms with Gasteiger partial charge in [-0.2, -0.15) is 0 Å². The van der Waals surface area contributed by atoms with Crippen molar-refractivity contribution in [2.24, 2.45) is 0 Å². The summed E-state index contributed by atoms with van der Waals surface area (Å²) in [6.45, 7) is -0.677. The van der Waals surface area contributed by atoms with E-state index in [1.165, 1.54) is 0 Å². The summed E-state index contributed by atoms with van der Waals surface area (Å²) in [6.07, 6.45) is -4.61. The molecule has 0 heterocycles. The van der Waals surface area contributed by atoms with Crippen LogP contribution in [-0.2, 0) is 4.74 Å². The Morgan fingerprint density at radius 3 is 2.37 bits per heavy atom. The number of fused-ring (bicyclic) bond motifs is 1. The van der Waals surface area contributed by atoms with Gasteiger partial charge in [0.15, 0.2) is 0 Å². The average molecular weight is 335 g/mol. The Balaban J connectivity index is 1.96. The van der Waals surface area contributed by atoms with Crippen molar-refractivity contribution in [1.29, 1.82) is 0 Å². The highest BCUT2D eigenvalue weighted by Gasteiger charge is 2.28. The van der Waals surface area contributed by atoms with Gasteiger partial charge in [0, 0.05) is 4.47 Å². The van der Waals surface area contributed by atoms with Crippen LogP contribution in [-0.4, -0.2) is 19.6 Å². The molecule has 0 saturated heterocycles. The molecule has 0 amide bonds. The van der Waals surface area contributed by atoms with Crippen molar-refractivity contribution < 1.29 is 22.6 Å². The second-order valence-corrected chi connectivity index (χ2v) is 4.71. The number of rotatable bonds is 4. The maximum absolute atomic E-state index is 11.7. The molecule has 0 bridgehead atoms. The van der Waals surface area contributed by atoms with Gasteiger partial charge in [-0.15, -0.1) is 13.2 Å². The summed E-state index contributed by atoms with van der Waals surface area (Å²) < 4.78 is 45.0. The molecule has 0 spiro atoms. The van der Waals surface area contributed by atoms with Crippen LogP contribution in [0.4, 0.5) is 13.2 Å². The van der Waals surface area contributed by atoms with Gasteiger partial charge in [0.1, 0.15) is 12.4 Å². The average Bonchev–Trinajstić information content (AvgIpc) is 2.33. The van der Waals surface area contributed by atoms with Crippen LogP contribution in [0.25, 0.3) is 10.8 Å². The van der Waals surface area contributed by atoms with Crippen LogP contribution in [0.2, 0.25) is 0 Å². The second-order valence-electron chi connectivity index (χ2n) is 3.80. The molecule has 6 heteroatoms. The first-order chi connectivity index (χ1) is 8.94. The molecule has 0 aliphatic carbocycles. The summed E-state index contributed by atoms with van der Waals surface area (Å²) in [5.41, 5.74) is 0. The number of halogens is 4. The van der Waals surface area contributed by atoms with Crippen LogP contribution in [0, 0.1) is 0 Å². The topological polar surface area (TPSA) is 18.5 Å². The van der Waals surface area contributed by atoms with E-state index >= 15 is 0 Å². The summed E-state index contributed by atoms with van der Waals surface area (Å²) in [7, 11) is 0. The Kier molecular flexibility index (Phi) is 4.31. The normalized spacial score (nSPS) is 11.8. The predicted molar refractivity (Wildman–Crippen MR) is 69.2 cm³/mol. The molecule has 0 aliphatic heterocycles. The third kappa shape index (κ3) is 4.40. The van der Waals surface area contributed by atoms with Crippen molar-refractivity contribution in [3.63, 3.8) is 0 Å². The molecule has 0 atom stereocenters. The first-order valence-corrected chi connectivity index (χ1v) is 6.26. The molecule has 19 heavy (non-hydrogen) atoms. The Morgan fingerprint density at radius 1 is 0.947 bits per heavy atom. The first-order valence-electron chi connectivity index (χ1n) is 5.47. The van der Waals surface area contributed by atoms with Crippen LogP contribution < -0.4 is 4.74 Å². The minimum absolute atomic E-state index is 0.151. The lowest BCUT2D eigenvalue weighted by molar-refractivity contribution is -0.325. The molecule has 2 aromatic carbocycles. The minimum Gasteiger partial charge on any atom is -0.491 e. The summed E-state index contributed by atoms with van der Waals surface area (Å²) >= 11 is 3.37. The van der Waals surface area contributed by atoms with Crippen LogP contribution in [0.3, 0.4) is 0 Å². The molecule has 0 aliphatic rings. The van der Waals surface area contributed by atoms with Gasteiger partial charge in [-0.25, -0.2) is 0 Å². The molecular weight excluding hydrogens is 325 g/mol. The number of alkyl halides is 3. The van der Waals surface area contributed by atoms with E-state index in [-0.39, 0.29) is 6.61 Å². The van der Waals surface area contributed by atoms with Gasteiger partial charge in [-0.3, -0.25) is 4.74 Å². The van der Waals surface area contributed by atoms with Crippen molar-refractivity contribution in [2.75, 3.05) is 13.2 Å². The summed E-state index contributed by atoms with van der Waals surface area (Å²) in [6, 6.07) is 11.1. The zero-order chi connectivity index (χ0) is 13.9. The van der Waals surface area contributed by atoms with Gasteiger partial charge in [0.2, 0.25) is 0 Å². The molecule has 0 aromatic heterocycles. The lowest BCUT2D eigenvalue weighted by atomic mass is 10.1. The van der Waals surface area contributed by atoms with E-state index in [1.807, 2.05) is 24.3 Å². The lowest BCUT2D eigenvalue weighted by Gasteiger charge is -2.09. The van der Waals surface area contributed by atoms with Crippen LogP contribution in [0.15, 0.2) is 40.9 Å². The van der Waals surface area contributed by atoms with Crippen molar-refractivity contribution in [3.8, 4) is 5.75 Å². The van der Waals surface area contributed by atoms with E-state index in [0.717, 1.165) is 15.2 Å². The van der Waals surface area contributed by atoms with Gasteiger partial charge >= 0.3 is 6.36 Å². The Morgan fingerprint density at radius 2 is 1.63 bits per heavy atom. The van der Waals surface area contributed by atoms with Crippen molar-refractivity contribution in [1.82, 2.24) is 0 Å². The highest BCUT2D eigenvalue weighted by atomic mass is 79.9.